The zero-order valence-corrected chi connectivity index (χ0v) is 15.2. The van der Waals surface area contributed by atoms with E-state index in [9.17, 15) is 17.6 Å². The summed E-state index contributed by atoms with van der Waals surface area (Å²) in [5, 5.41) is 0. The van der Waals surface area contributed by atoms with Crippen molar-refractivity contribution in [2.45, 2.75) is 39.7 Å². The van der Waals surface area contributed by atoms with Gasteiger partial charge >= 0.3 is 0 Å². The molecule has 2 rings (SSSR count). The number of hydrogen-bond donors (Lipinski definition) is 1. The van der Waals surface area contributed by atoms with E-state index in [4.69, 9.17) is 0 Å². The highest BCUT2D eigenvalue weighted by Crippen LogP contribution is 2.38. The molecule has 0 aliphatic carbocycles. The molecular weight excluding hydrogens is 331 g/mol. The second kappa shape index (κ2) is 6.64. The molecule has 0 atom stereocenters. The van der Waals surface area contributed by atoms with Gasteiger partial charge in [0, 0.05) is 19.5 Å². The lowest BCUT2D eigenvalue weighted by Gasteiger charge is -2.28. The zero-order chi connectivity index (χ0) is 18.1. The smallest absolute Gasteiger partial charge is 0.242 e. The molecule has 24 heavy (non-hydrogen) atoms. The van der Waals surface area contributed by atoms with Gasteiger partial charge in [-0.15, -0.1) is 0 Å². The number of likely N-dealkylation sites (N-methyl/N-ethyl adjacent to an activating group) is 1. The van der Waals surface area contributed by atoms with Gasteiger partial charge in [-0.25, -0.2) is 17.5 Å². The number of carbonyl (C=O) groups excluding carboxylic acids is 1. The van der Waals surface area contributed by atoms with Crippen molar-refractivity contribution in [3.8, 4) is 0 Å². The van der Waals surface area contributed by atoms with Crippen LogP contribution < -0.4 is 4.72 Å². The maximum Gasteiger partial charge on any atom is 0.242 e. The van der Waals surface area contributed by atoms with E-state index >= 15 is 0 Å². The van der Waals surface area contributed by atoms with Gasteiger partial charge in [0.25, 0.3) is 0 Å². The molecule has 1 heterocycles. The first kappa shape index (κ1) is 18.6. The molecular formula is C17H23FN2O3S. The van der Waals surface area contributed by atoms with Gasteiger partial charge in [0.05, 0.1) is 10.4 Å². The summed E-state index contributed by atoms with van der Waals surface area (Å²) in [6.07, 6.45) is 0.355. The molecule has 0 unspecified atom stereocenters. The van der Waals surface area contributed by atoms with Crippen molar-refractivity contribution in [2.24, 2.45) is 0 Å². The molecule has 1 amide bonds. The van der Waals surface area contributed by atoms with E-state index in [1.807, 2.05) is 6.92 Å². The molecule has 1 N–H and O–H groups in total. The second-order valence-corrected chi connectivity index (χ2v) is 7.93. The van der Waals surface area contributed by atoms with Crippen molar-refractivity contribution < 1.29 is 17.6 Å². The summed E-state index contributed by atoms with van der Waals surface area (Å²) in [6, 6.07) is 5.36. The fourth-order valence-electron chi connectivity index (χ4n) is 2.89. The summed E-state index contributed by atoms with van der Waals surface area (Å²) in [6.45, 7) is 7.87. The van der Waals surface area contributed by atoms with Gasteiger partial charge in [-0.1, -0.05) is 19.1 Å². The lowest BCUT2D eigenvalue weighted by molar-refractivity contribution is -0.130. The number of amides is 1. The van der Waals surface area contributed by atoms with E-state index < -0.39 is 21.4 Å². The van der Waals surface area contributed by atoms with Crippen LogP contribution in [0.3, 0.4) is 0 Å². The van der Waals surface area contributed by atoms with Crippen molar-refractivity contribution in [1.29, 1.82) is 0 Å². The Balaban J connectivity index is 2.60. The fourth-order valence-corrected chi connectivity index (χ4v) is 4.87. The number of sulfonamides is 1. The molecule has 0 aromatic heterocycles. The topological polar surface area (TPSA) is 66.5 Å². The van der Waals surface area contributed by atoms with Crippen LogP contribution in [0.2, 0.25) is 0 Å². The van der Waals surface area contributed by atoms with Crippen molar-refractivity contribution in [3.05, 3.63) is 41.2 Å². The Morgan fingerprint density at radius 2 is 1.79 bits per heavy atom. The van der Waals surface area contributed by atoms with Gasteiger partial charge in [0.1, 0.15) is 5.82 Å². The first-order valence-corrected chi connectivity index (χ1v) is 9.42. The summed E-state index contributed by atoms with van der Waals surface area (Å²) in [4.78, 5) is 13.8. The normalized spacial score (nSPS) is 18.7. The average molecular weight is 354 g/mol. The fraction of sp³-hybridized carbons (Fsp3) is 0.471. The third-order valence-corrected chi connectivity index (χ3v) is 5.98. The number of halogens is 1. The summed E-state index contributed by atoms with van der Waals surface area (Å²) in [7, 11) is -3.73. The third kappa shape index (κ3) is 3.52. The zero-order valence-electron chi connectivity index (χ0n) is 14.4. The van der Waals surface area contributed by atoms with Crippen LogP contribution in [0.4, 0.5) is 4.39 Å². The Labute approximate surface area is 142 Å². The molecule has 0 radical (unpaired) electrons. The highest BCUT2D eigenvalue weighted by molar-refractivity contribution is 7.99. The summed E-state index contributed by atoms with van der Waals surface area (Å²) in [5.74, 6) is -0.469. The number of carbonyl (C=O) groups is 1. The number of benzene rings is 1. The average Bonchev–Trinajstić information content (AvgIpc) is 2.68. The van der Waals surface area contributed by atoms with E-state index in [1.165, 1.54) is 24.3 Å². The van der Waals surface area contributed by atoms with Gasteiger partial charge in [0.15, 0.2) is 0 Å². The molecule has 1 aromatic carbocycles. The van der Waals surface area contributed by atoms with Crippen LogP contribution in [-0.2, 0) is 14.8 Å². The lowest BCUT2D eigenvalue weighted by atomic mass is 9.92. The SMILES string of the molecule is CCC(=O)N(CC)CC1=C(c2ccc(F)cc2)S(=O)(=O)NC1(C)C. The minimum Gasteiger partial charge on any atom is -0.339 e. The van der Waals surface area contributed by atoms with Crippen LogP contribution in [0.15, 0.2) is 29.8 Å². The molecule has 5 nitrogen and oxygen atoms in total. The molecule has 0 spiro atoms. The Kier molecular flexibility index (Phi) is 5.15. The summed E-state index contributed by atoms with van der Waals surface area (Å²) < 4.78 is 41.1. The van der Waals surface area contributed by atoms with Gasteiger partial charge in [-0.3, -0.25) is 4.79 Å². The van der Waals surface area contributed by atoms with Crippen molar-refractivity contribution >= 4 is 20.8 Å². The molecule has 132 valence electrons. The van der Waals surface area contributed by atoms with Crippen LogP contribution in [0, 0.1) is 5.82 Å². The molecule has 1 aromatic rings. The Morgan fingerprint density at radius 1 is 1.21 bits per heavy atom. The molecule has 7 heteroatoms. The van der Waals surface area contributed by atoms with Crippen LogP contribution in [-0.4, -0.2) is 37.9 Å². The molecule has 0 saturated carbocycles. The molecule has 1 aliphatic rings. The summed E-state index contributed by atoms with van der Waals surface area (Å²) in [5.41, 5.74) is 0.214. The molecule has 0 saturated heterocycles. The Bertz CT molecular complexity index is 768. The number of nitrogens with one attached hydrogen (secondary N) is 1. The molecule has 0 fully saturated rings. The monoisotopic (exact) mass is 354 g/mol. The molecule has 0 bridgehead atoms. The highest BCUT2D eigenvalue weighted by atomic mass is 32.2. The second-order valence-electron chi connectivity index (χ2n) is 6.31. The van der Waals surface area contributed by atoms with Crippen LogP contribution in [0.1, 0.15) is 39.7 Å². The van der Waals surface area contributed by atoms with E-state index in [2.05, 4.69) is 4.72 Å². The van der Waals surface area contributed by atoms with E-state index in [0.717, 1.165) is 0 Å². The van der Waals surface area contributed by atoms with Gasteiger partial charge in [-0.2, -0.15) is 0 Å². The quantitative estimate of drug-likeness (QED) is 0.883. The largest absolute Gasteiger partial charge is 0.339 e. The minimum atomic E-state index is -3.73. The molecule has 1 aliphatic heterocycles. The number of hydrogen-bond acceptors (Lipinski definition) is 3. The third-order valence-electron chi connectivity index (χ3n) is 4.18. The maximum absolute atomic E-state index is 13.2. The number of rotatable bonds is 5. The van der Waals surface area contributed by atoms with Crippen molar-refractivity contribution in [2.75, 3.05) is 13.1 Å². The predicted molar refractivity (Wildman–Crippen MR) is 92.0 cm³/mol. The Hall–Kier alpha value is -1.73. The standard InChI is InChI=1S/C17H23FN2O3S/c1-5-15(21)20(6-2)11-14-16(12-7-9-13(18)10-8-12)24(22,23)19-17(14,3)4/h7-10,19H,5-6,11H2,1-4H3. The first-order valence-electron chi connectivity index (χ1n) is 7.93. The van der Waals surface area contributed by atoms with Crippen LogP contribution in [0.5, 0.6) is 0 Å². The van der Waals surface area contributed by atoms with E-state index in [0.29, 0.717) is 24.1 Å². The Morgan fingerprint density at radius 3 is 2.29 bits per heavy atom. The van der Waals surface area contributed by atoms with Gasteiger partial charge in [0.2, 0.25) is 15.9 Å². The minimum absolute atomic E-state index is 0.0384. The van der Waals surface area contributed by atoms with E-state index in [1.54, 1.807) is 25.7 Å². The maximum atomic E-state index is 13.2. The van der Waals surface area contributed by atoms with E-state index in [-0.39, 0.29) is 17.4 Å². The van der Waals surface area contributed by atoms with Crippen molar-refractivity contribution in [1.82, 2.24) is 9.62 Å². The van der Waals surface area contributed by atoms with Crippen molar-refractivity contribution in [3.63, 3.8) is 0 Å². The highest BCUT2D eigenvalue weighted by Gasteiger charge is 2.43. The summed E-state index contributed by atoms with van der Waals surface area (Å²) >= 11 is 0. The predicted octanol–water partition coefficient (Wildman–Crippen LogP) is 2.51. The van der Waals surface area contributed by atoms with Gasteiger partial charge in [-0.05, 0) is 44.0 Å². The first-order chi connectivity index (χ1) is 11.1. The van der Waals surface area contributed by atoms with Crippen LogP contribution >= 0.6 is 0 Å². The van der Waals surface area contributed by atoms with Gasteiger partial charge < -0.3 is 4.90 Å². The lowest BCUT2D eigenvalue weighted by Crippen LogP contribution is -2.42. The number of nitrogens with zero attached hydrogens (tertiary/aromatic N) is 1. The van der Waals surface area contributed by atoms with Crippen LogP contribution in [0.25, 0.3) is 4.91 Å².